The SMILES string of the molecule is CCn1cc(CNC(=O)c2ccn(Cn3cc(Br)cn3)n2)c(C)n1. The van der Waals surface area contributed by atoms with Crippen molar-refractivity contribution in [3.63, 3.8) is 0 Å². The van der Waals surface area contributed by atoms with E-state index in [4.69, 9.17) is 0 Å². The highest BCUT2D eigenvalue weighted by Crippen LogP contribution is 2.07. The van der Waals surface area contributed by atoms with Crippen LogP contribution in [0.15, 0.2) is 35.3 Å². The van der Waals surface area contributed by atoms with Crippen molar-refractivity contribution in [3.05, 3.63) is 52.3 Å². The summed E-state index contributed by atoms with van der Waals surface area (Å²) < 4.78 is 6.14. The molecule has 0 aliphatic rings. The number of hydrogen-bond donors (Lipinski definition) is 1. The van der Waals surface area contributed by atoms with Gasteiger partial charge < -0.3 is 5.32 Å². The monoisotopic (exact) mass is 391 g/mol. The average molecular weight is 392 g/mol. The first kappa shape index (κ1) is 16.4. The topological polar surface area (TPSA) is 82.6 Å². The fourth-order valence-electron chi connectivity index (χ4n) is 2.29. The molecule has 3 aromatic heterocycles. The molecular weight excluding hydrogens is 374 g/mol. The molecule has 0 bridgehead atoms. The highest BCUT2D eigenvalue weighted by molar-refractivity contribution is 9.10. The Morgan fingerprint density at radius 1 is 1.25 bits per heavy atom. The van der Waals surface area contributed by atoms with Gasteiger partial charge in [-0.1, -0.05) is 0 Å². The van der Waals surface area contributed by atoms with Gasteiger partial charge in [0.25, 0.3) is 5.91 Å². The van der Waals surface area contributed by atoms with E-state index in [0.717, 1.165) is 22.3 Å². The zero-order valence-corrected chi connectivity index (χ0v) is 15.1. The van der Waals surface area contributed by atoms with Gasteiger partial charge in [-0.3, -0.25) is 14.2 Å². The minimum Gasteiger partial charge on any atom is -0.346 e. The van der Waals surface area contributed by atoms with Crippen LogP contribution >= 0.6 is 15.9 Å². The second kappa shape index (κ2) is 7.00. The first-order chi connectivity index (χ1) is 11.5. The lowest BCUT2D eigenvalue weighted by Gasteiger charge is -2.03. The lowest BCUT2D eigenvalue weighted by molar-refractivity contribution is 0.0945. The van der Waals surface area contributed by atoms with E-state index in [9.17, 15) is 4.79 Å². The van der Waals surface area contributed by atoms with Crippen molar-refractivity contribution in [2.75, 3.05) is 0 Å². The van der Waals surface area contributed by atoms with Gasteiger partial charge in [-0.25, -0.2) is 4.68 Å². The second-order valence-electron chi connectivity index (χ2n) is 5.36. The lowest BCUT2D eigenvalue weighted by Crippen LogP contribution is -2.24. The summed E-state index contributed by atoms with van der Waals surface area (Å²) in [5.74, 6) is -0.209. The van der Waals surface area contributed by atoms with E-state index in [1.165, 1.54) is 0 Å². The molecule has 0 atom stereocenters. The van der Waals surface area contributed by atoms with Crippen LogP contribution in [0.25, 0.3) is 0 Å². The highest BCUT2D eigenvalue weighted by Gasteiger charge is 2.11. The molecule has 0 fully saturated rings. The number of aryl methyl sites for hydroxylation is 2. The lowest BCUT2D eigenvalue weighted by atomic mass is 10.2. The molecule has 1 amide bonds. The molecular formula is C15H18BrN7O. The number of carbonyl (C=O) groups excluding carboxylic acids is 1. The number of hydrogen-bond acceptors (Lipinski definition) is 4. The van der Waals surface area contributed by atoms with Crippen LogP contribution in [0.5, 0.6) is 0 Å². The standard InChI is InChI=1S/C15H18BrN7O/c1-3-21-8-12(11(2)19-21)6-17-15(24)14-4-5-22(20-14)10-23-9-13(16)7-18-23/h4-5,7-9H,3,6,10H2,1-2H3,(H,17,24). The minimum atomic E-state index is -0.209. The molecule has 126 valence electrons. The van der Waals surface area contributed by atoms with Gasteiger partial charge in [0.1, 0.15) is 12.4 Å². The summed E-state index contributed by atoms with van der Waals surface area (Å²) in [6.45, 7) is 5.65. The molecule has 0 saturated carbocycles. The Morgan fingerprint density at radius 2 is 2.08 bits per heavy atom. The van der Waals surface area contributed by atoms with E-state index in [1.54, 1.807) is 27.8 Å². The van der Waals surface area contributed by atoms with Crippen LogP contribution in [0.3, 0.4) is 0 Å². The maximum atomic E-state index is 12.2. The third kappa shape index (κ3) is 3.73. The summed E-state index contributed by atoms with van der Waals surface area (Å²) in [5.41, 5.74) is 2.31. The Bertz CT molecular complexity index is 848. The first-order valence-corrected chi connectivity index (χ1v) is 8.37. The van der Waals surface area contributed by atoms with Crippen molar-refractivity contribution in [1.82, 2.24) is 34.7 Å². The van der Waals surface area contributed by atoms with Crippen molar-refractivity contribution in [1.29, 1.82) is 0 Å². The van der Waals surface area contributed by atoms with Crippen LogP contribution in [0.1, 0.15) is 28.7 Å². The molecule has 8 nitrogen and oxygen atoms in total. The van der Waals surface area contributed by atoms with E-state index < -0.39 is 0 Å². The van der Waals surface area contributed by atoms with Gasteiger partial charge in [-0.15, -0.1) is 0 Å². The molecule has 0 spiro atoms. The zero-order chi connectivity index (χ0) is 17.1. The molecule has 0 aliphatic heterocycles. The Kier molecular flexibility index (Phi) is 4.79. The molecule has 3 rings (SSSR count). The molecule has 1 N–H and O–H groups in total. The summed E-state index contributed by atoms with van der Waals surface area (Å²) in [6, 6.07) is 1.69. The quantitative estimate of drug-likeness (QED) is 0.694. The number of rotatable bonds is 6. The smallest absolute Gasteiger partial charge is 0.272 e. The average Bonchev–Trinajstić information content (AvgIpc) is 3.26. The molecule has 24 heavy (non-hydrogen) atoms. The van der Waals surface area contributed by atoms with Gasteiger partial charge in [0.2, 0.25) is 0 Å². The van der Waals surface area contributed by atoms with Crippen LogP contribution in [0.2, 0.25) is 0 Å². The third-order valence-corrected chi connectivity index (χ3v) is 3.99. The minimum absolute atomic E-state index is 0.209. The van der Waals surface area contributed by atoms with E-state index in [2.05, 4.69) is 36.5 Å². The predicted octanol–water partition coefficient (Wildman–Crippen LogP) is 1.80. The number of aromatic nitrogens is 6. The molecule has 0 aliphatic carbocycles. The van der Waals surface area contributed by atoms with Crippen molar-refractivity contribution >= 4 is 21.8 Å². The van der Waals surface area contributed by atoms with Crippen LogP contribution in [0.4, 0.5) is 0 Å². The van der Waals surface area contributed by atoms with E-state index in [-0.39, 0.29) is 5.91 Å². The fourth-order valence-corrected chi connectivity index (χ4v) is 2.61. The van der Waals surface area contributed by atoms with Crippen molar-refractivity contribution in [3.8, 4) is 0 Å². The molecule has 3 heterocycles. The van der Waals surface area contributed by atoms with Crippen LogP contribution in [-0.2, 0) is 19.8 Å². The van der Waals surface area contributed by atoms with Crippen molar-refractivity contribution < 1.29 is 4.79 Å². The predicted molar refractivity (Wildman–Crippen MR) is 91.4 cm³/mol. The summed E-state index contributed by atoms with van der Waals surface area (Å²) in [7, 11) is 0. The summed E-state index contributed by atoms with van der Waals surface area (Å²) in [4.78, 5) is 12.2. The van der Waals surface area contributed by atoms with Gasteiger partial charge in [0.05, 0.1) is 16.4 Å². The normalized spacial score (nSPS) is 11.0. The summed E-state index contributed by atoms with van der Waals surface area (Å²) in [5, 5.41) is 15.7. The van der Waals surface area contributed by atoms with Crippen LogP contribution < -0.4 is 5.32 Å². The van der Waals surface area contributed by atoms with Gasteiger partial charge in [-0.2, -0.15) is 15.3 Å². The largest absolute Gasteiger partial charge is 0.346 e. The molecule has 9 heteroatoms. The zero-order valence-electron chi connectivity index (χ0n) is 13.5. The van der Waals surface area contributed by atoms with Gasteiger partial charge >= 0.3 is 0 Å². The molecule has 0 unspecified atom stereocenters. The third-order valence-electron chi connectivity index (χ3n) is 3.58. The van der Waals surface area contributed by atoms with Gasteiger partial charge in [0, 0.05) is 37.2 Å². The summed E-state index contributed by atoms with van der Waals surface area (Å²) in [6.07, 6.45) is 7.25. The highest BCUT2D eigenvalue weighted by atomic mass is 79.9. The molecule has 3 aromatic rings. The Hall–Kier alpha value is -2.42. The number of nitrogens with zero attached hydrogens (tertiary/aromatic N) is 6. The van der Waals surface area contributed by atoms with Crippen LogP contribution in [0, 0.1) is 6.92 Å². The maximum Gasteiger partial charge on any atom is 0.272 e. The number of carbonyl (C=O) groups is 1. The van der Waals surface area contributed by atoms with Gasteiger partial charge in [0.15, 0.2) is 0 Å². The number of nitrogens with one attached hydrogen (secondary N) is 1. The Morgan fingerprint density at radius 3 is 2.75 bits per heavy atom. The van der Waals surface area contributed by atoms with Gasteiger partial charge in [-0.05, 0) is 35.8 Å². The molecule has 0 radical (unpaired) electrons. The molecule has 0 saturated heterocycles. The van der Waals surface area contributed by atoms with Crippen molar-refractivity contribution in [2.45, 2.75) is 33.6 Å². The van der Waals surface area contributed by atoms with Crippen LogP contribution in [-0.4, -0.2) is 35.2 Å². The summed E-state index contributed by atoms with van der Waals surface area (Å²) >= 11 is 3.35. The number of halogens is 1. The number of amides is 1. The fraction of sp³-hybridized carbons (Fsp3) is 0.333. The first-order valence-electron chi connectivity index (χ1n) is 7.57. The Labute approximate surface area is 147 Å². The Balaban J connectivity index is 1.60. The second-order valence-corrected chi connectivity index (χ2v) is 6.27. The maximum absolute atomic E-state index is 12.2. The molecule has 0 aromatic carbocycles. The van der Waals surface area contributed by atoms with E-state index >= 15 is 0 Å². The van der Waals surface area contributed by atoms with E-state index in [0.29, 0.717) is 18.9 Å². The van der Waals surface area contributed by atoms with Crippen molar-refractivity contribution in [2.24, 2.45) is 0 Å². The van der Waals surface area contributed by atoms with E-state index in [1.807, 2.05) is 30.9 Å².